The fourth-order valence-electron chi connectivity index (χ4n) is 2.55. The molecule has 0 saturated carbocycles. The van der Waals surface area contributed by atoms with E-state index in [1.165, 1.54) is 0 Å². The summed E-state index contributed by atoms with van der Waals surface area (Å²) in [6.07, 6.45) is 0. The minimum Gasteiger partial charge on any atom is -0.322 e. The van der Waals surface area contributed by atoms with Gasteiger partial charge in [0.15, 0.2) is 0 Å². The SMILES string of the molecule is Cc1cccc(NC(=O)c2cc3cc(Cl)ccc3nc2C)c1C. The smallest absolute Gasteiger partial charge is 0.257 e. The Morgan fingerprint density at radius 2 is 1.87 bits per heavy atom. The van der Waals surface area contributed by atoms with E-state index >= 15 is 0 Å². The van der Waals surface area contributed by atoms with E-state index in [4.69, 9.17) is 11.6 Å². The van der Waals surface area contributed by atoms with Gasteiger partial charge in [-0.05, 0) is 62.2 Å². The van der Waals surface area contributed by atoms with Gasteiger partial charge in [-0.2, -0.15) is 0 Å². The number of amides is 1. The number of benzene rings is 2. The van der Waals surface area contributed by atoms with Gasteiger partial charge in [0.25, 0.3) is 5.91 Å². The van der Waals surface area contributed by atoms with Crippen molar-refractivity contribution < 1.29 is 4.79 Å². The third kappa shape index (κ3) is 3.06. The fourth-order valence-corrected chi connectivity index (χ4v) is 2.73. The number of hydrogen-bond donors (Lipinski definition) is 1. The number of halogens is 1. The molecule has 2 aromatic carbocycles. The predicted molar refractivity (Wildman–Crippen MR) is 95.4 cm³/mol. The molecule has 0 aliphatic carbocycles. The van der Waals surface area contributed by atoms with Crippen LogP contribution in [0.5, 0.6) is 0 Å². The average Bonchev–Trinajstić information content (AvgIpc) is 2.51. The molecular weight excluding hydrogens is 308 g/mol. The van der Waals surface area contributed by atoms with Gasteiger partial charge in [0, 0.05) is 16.1 Å². The fraction of sp³-hybridized carbons (Fsp3) is 0.158. The van der Waals surface area contributed by atoms with Crippen molar-refractivity contribution in [3.63, 3.8) is 0 Å². The van der Waals surface area contributed by atoms with Crippen LogP contribution in [0.3, 0.4) is 0 Å². The van der Waals surface area contributed by atoms with Crippen LogP contribution >= 0.6 is 11.6 Å². The minimum absolute atomic E-state index is 0.162. The second kappa shape index (κ2) is 6.01. The number of aryl methyl sites for hydroxylation is 2. The van der Waals surface area contributed by atoms with Gasteiger partial charge in [0.2, 0.25) is 0 Å². The summed E-state index contributed by atoms with van der Waals surface area (Å²) in [6, 6.07) is 13.2. The number of nitrogens with zero attached hydrogens (tertiary/aromatic N) is 1. The highest BCUT2D eigenvalue weighted by Crippen LogP contribution is 2.23. The summed E-state index contributed by atoms with van der Waals surface area (Å²) in [4.78, 5) is 17.1. The Kier molecular flexibility index (Phi) is 4.05. The van der Waals surface area contributed by atoms with E-state index in [1.807, 2.05) is 57.2 Å². The number of rotatable bonds is 2. The Morgan fingerprint density at radius 3 is 2.65 bits per heavy atom. The van der Waals surface area contributed by atoms with Gasteiger partial charge in [-0.3, -0.25) is 9.78 Å². The molecule has 3 aromatic rings. The molecule has 1 amide bonds. The lowest BCUT2D eigenvalue weighted by molar-refractivity contribution is 0.102. The van der Waals surface area contributed by atoms with Gasteiger partial charge < -0.3 is 5.32 Å². The molecule has 0 unspecified atom stereocenters. The first kappa shape index (κ1) is 15.5. The van der Waals surface area contributed by atoms with E-state index in [2.05, 4.69) is 10.3 Å². The van der Waals surface area contributed by atoms with Crippen molar-refractivity contribution in [3.8, 4) is 0 Å². The quantitative estimate of drug-likeness (QED) is 0.715. The highest BCUT2D eigenvalue weighted by atomic mass is 35.5. The largest absolute Gasteiger partial charge is 0.322 e. The van der Waals surface area contributed by atoms with Crippen LogP contribution in [-0.4, -0.2) is 10.9 Å². The first-order chi connectivity index (χ1) is 11.0. The predicted octanol–water partition coefficient (Wildman–Crippen LogP) is 5.07. The van der Waals surface area contributed by atoms with E-state index in [-0.39, 0.29) is 5.91 Å². The minimum atomic E-state index is -0.162. The first-order valence-corrected chi connectivity index (χ1v) is 7.78. The maximum atomic E-state index is 12.6. The number of hydrogen-bond acceptors (Lipinski definition) is 2. The van der Waals surface area contributed by atoms with Crippen molar-refractivity contribution in [3.05, 3.63) is 69.9 Å². The summed E-state index contributed by atoms with van der Waals surface area (Å²) in [5.41, 5.74) is 5.11. The van der Waals surface area contributed by atoms with Gasteiger partial charge in [0.05, 0.1) is 16.8 Å². The van der Waals surface area contributed by atoms with Gasteiger partial charge >= 0.3 is 0 Å². The first-order valence-electron chi connectivity index (χ1n) is 7.40. The van der Waals surface area contributed by atoms with E-state index in [0.717, 1.165) is 27.7 Å². The Balaban J connectivity index is 2.00. The van der Waals surface area contributed by atoms with Crippen molar-refractivity contribution in [2.75, 3.05) is 5.32 Å². The average molecular weight is 325 g/mol. The van der Waals surface area contributed by atoms with Crippen LogP contribution in [-0.2, 0) is 0 Å². The molecule has 1 heterocycles. The molecule has 0 atom stereocenters. The van der Waals surface area contributed by atoms with Crippen LogP contribution in [0.4, 0.5) is 5.69 Å². The van der Waals surface area contributed by atoms with Gasteiger partial charge in [-0.15, -0.1) is 0 Å². The number of carbonyl (C=O) groups is 1. The number of carbonyl (C=O) groups excluding carboxylic acids is 1. The molecule has 0 bridgehead atoms. The number of fused-ring (bicyclic) bond motifs is 1. The maximum Gasteiger partial charge on any atom is 0.257 e. The van der Waals surface area contributed by atoms with E-state index < -0.39 is 0 Å². The molecular formula is C19H17ClN2O. The van der Waals surface area contributed by atoms with Crippen molar-refractivity contribution in [1.29, 1.82) is 0 Å². The number of aromatic nitrogens is 1. The van der Waals surface area contributed by atoms with Crippen molar-refractivity contribution in [1.82, 2.24) is 4.98 Å². The second-order valence-electron chi connectivity index (χ2n) is 5.66. The topological polar surface area (TPSA) is 42.0 Å². The molecule has 3 rings (SSSR count). The van der Waals surface area contributed by atoms with Crippen LogP contribution < -0.4 is 5.32 Å². The zero-order chi connectivity index (χ0) is 16.6. The van der Waals surface area contributed by atoms with Crippen LogP contribution in [0.1, 0.15) is 27.2 Å². The van der Waals surface area contributed by atoms with E-state index in [9.17, 15) is 4.79 Å². The summed E-state index contributed by atoms with van der Waals surface area (Å²) in [7, 11) is 0. The molecule has 116 valence electrons. The molecule has 1 N–H and O–H groups in total. The molecule has 0 aliphatic heterocycles. The summed E-state index contributed by atoms with van der Waals surface area (Å²) in [5, 5.41) is 4.46. The molecule has 4 heteroatoms. The van der Waals surface area contributed by atoms with Crippen molar-refractivity contribution in [2.24, 2.45) is 0 Å². The molecule has 0 fully saturated rings. The Hall–Kier alpha value is -2.39. The zero-order valence-electron chi connectivity index (χ0n) is 13.3. The molecule has 0 spiro atoms. The third-order valence-corrected chi connectivity index (χ3v) is 4.30. The Bertz CT molecular complexity index is 919. The molecule has 0 saturated heterocycles. The van der Waals surface area contributed by atoms with E-state index in [1.54, 1.807) is 6.07 Å². The lowest BCUT2D eigenvalue weighted by atomic mass is 10.1. The third-order valence-electron chi connectivity index (χ3n) is 4.06. The van der Waals surface area contributed by atoms with Crippen LogP contribution in [0.2, 0.25) is 5.02 Å². The standard InChI is InChI=1S/C19H17ClN2O/c1-11-5-4-6-17(12(11)2)22-19(23)16-10-14-9-15(20)7-8-18(14)21-13(16)3/h4-10H,1-3H3,(H,22,23). The summed E-state index contributed by atoms with van der Waals surface area (Å²) in [6.45, 7) is 5.86. The van der Waals surface area contributed by atoms with Gasteiger partial charge in [-0.25, -0.2) is 0 Å². The van der Waals surface area contributed by atoms with Crippen LogP contribution in [0.25, 0.3) is 10.9 Å². The van der Waals surface area contributed by atoms with Crippen LogP contribution in [0, 0.1) is 20.8 Å². The van der Waals surface area contributed by atoms with Gasteiger partial charge in [-0.1, -0.05) is 23.7 Å². The van der Waals surface area contributed by atoms with Crippen molar-refractivity contribution in [2.45, 2.75) is 20.8 Å². The number of anilines is 1. The van der Waals surface area contributed by atoms with Crippen LogP contribution in [0.15, 0.2) is 42.5 Å². The summed E-state index contributed by atoms with van der Waals surface area (Å²) in [5.74, 6) is -0.162. The van der Waals surface area contributed by atoms with Crippen molar-refractivity contribution >= 4 is 34.1 Å². The highest BCUT2D eigenvalue weighted by molar-refractivity contribution is 6.31. The molecule has 0 aliphatic rings. The Labute approximate surface area is 140 Å². The normalized spacial score (nSPS) is 10.8. The van der Waals surface area contributed by atoms with E-state index in [0.29, 0.717) is 16.3 Å². The van der Waals surface area contributed by atoms with Gasteiger partial charge in [0.1, 0.15) is 0 Å². The molecule has 23 heavy (non-hydrogen) atoms. The zero-order valence-corrected chi connectivity index (χ0v) is 14.0. The molecule has 0 radical (unpaired) electrons. The monoisotopic (exact) mass is 324 g/mol. The Morgan fingerprint density at radius 1 is 1.09 bits per heavy atom. The summed E-state index contributed by atoms with van der Waals surface area (Å²) >= 11 is 6.03. The number of pyridine rings is 1. The lowest BCUT2D eigenvalue weighted by Crippen LogP contribution is -2.15. The number of nitrogens with one attached hydrogen (secondary N) is 1. The summed E-state index contributed by atoms with van der Waals surface area (Å²) < 4.78 is 0. The molecule has 1 aromatic heterocycles. The highest BCUT2D eigenvalue weighted by Gasteiger charge is 2.13. The maximum absolute atomic E-state index is 12.6. The second-order valence-corrected chi connectivity index (χ2v) is 6.10. The molecule has 3 nitrogen and oxygen atoms in total. The lowest BCUT2D eigenvalue weighted by Gasteiger charge is -2.12.